The topological polar surface area (TPSA) is 49.4 Å². The lowest BCUT2D eigenvalue weighted by Gasteiger charge is -2.32. The van der Waals surface area contributed by atoms with Crippen LogP contribution in [-0.2, 0) is 0 Å². The average molecular weight is 362 g/mol. The minimum absolute atomic E-state index is 0.130. The van der Waals surface area contributed by atoms with Crippen LogP contribution in [0.5, 0.6) is 0 Å². The predicted molar refractivity (Wildman–Crippen MR) is 89.1 cm³/mol. The first-order chi connectivity index (χ1) is 12.4. The van der Waals surface area contributed by atoms with Crippen molar-refractivity contribution in [1.82, 2.24) is 10.2 Å². The van der Waals surface area contributed by atoms with Crippen molar-refractivity contribution in [2.75, 3.05) is 13.1 Å². The summed E-state index contributed by atoms with van der Waals surface area (Å²) in [6.45, 7) is 0.702. The lowest BCUT2D eigenvalue weighted by Crippen LogP contribution is -2.46. The quantitative estimate of drug-likeness (QED) is 0.912. The molecule has 1 aliphatic heterocycles. The van der Waals surface area contributed by atoms with Gasteiger partial charge in [-0.15, -0.1) is 0 Å². The Bertz CT molecular complexity index is 816. The number of carbonyl (C=O) groups excluding carboxylic acids is 2. The Morgan fingerprint density at radius 1 is 0.923 bits per heavy atom. The summed E-state index contributed by atoms with van der Waals surface area (Å²) in [5.74, 6) is -2.84. The molecule has 1 aliphatic rings. The molecule has 0 saturated carbocycles. The third-order valence-electron chi connectivity index (χ3n) is 4.39. The highest BCUT2D eigenvalue weighted by atomic mass is 19.1. The largest absolute Gasteiger partial charge is 0.349 e. The fourth-order valence-electron chi connectivity index (χ4n) is 2.93. The highest BCUT2D eigenvalue weighted by molar-refractivity contribution is 5.95. The normalized spacial score (nSPS) is 15.0. The van der Waals surface area contributed by atoms with Gasteiger partial charge >= 0.3 is 0 Å². The molecular weight excluding hydrogens is 345 g/mol. The van der Waals surface area contributed by atoms with Crippen LogP contribution in [0.2, 0.25) is 0 Å². The molecule has 0 spiro atoms. The summed E-state index contributed by atoms with van der Waals surface area (Å²) in [5, 5.41) is 2.85. The zero-order valence-electron chi connectivity index (χ0n) is 13.8. The molecule has 2 aromatic carbocycles. The van der Waals surface area contributed by atoms with Crippen LogP contribution in [-0.4, -0.2) is 35.8 Å². The summed E-state index contributed by atoms with van der Waals surface area (Å²) < 4.78 is 39.6. The Balaban J connectivity index is 1.56. The molecule has 0 aliphatic carbocycles. The molecule has 7 heteroatoms. The Hall–Kier alpha value is -2.83. The molecule has 0 aromatic heterocycles. The molecule has 0 bridgehead atoms. The molecule has 0 unspecified atom stereocenters. The van der Waals surface area contributed by atoms with Crippen molar-refractivity contribution in [3.8, 4) is 0 Å². The Kier molecular flexibility index (Phi) is 5.25. The second kappa shape index (κ2) is 7.59. The molecule has 3 rings (SSSR count). The van der Waals surface area contributed by atoms with Crippen LogP contribution >= 0.6 is 0 Å². The number of hydrogen-bond acceptors (Lipinski definition) is 2. The van der Waals surface area contributed by atoms with Gasteiger partial charge in [0.2, 0.25) is 0 Å². The number of likely N-dealkylation sites (tertiary alicyclic amines) is 1. The molecule has 2 aromatic rings. The van der Waals surface area contributed by atoms with E-state index in [1.165, 1.54) is 29.2 Å². The van der Waals surface area contributed by atoms with Crippen molar-refractivity contribution in [2.45, 2.75) is 18.9 Å². The number of piperidine rings is 1. The summed E-state index contributed by atoms with van der Waals surface area (Å²) in [6.07, 6.45) is 1.03. The molecule has 136 valence electrons. The van der Waals surface area contributed by atoms with Crippen molar-refractivity contribution in [3.63, 3.8) is 0 Å². The summed E-state index contributed by atoms with van der Waals surface area (Å²) in [4.78, 5) is 26.0. The SMILES string of the molecule is O=C(NC1CCN(C(=O)c2ccc(F)cc2F)CC1)c1ccc(F)cc1. The van der Waals surface area contributed by atoms with E-state index < -0.39 is 23.4 Å². The van der Waals surface area contributed by atoms with Gasteiger partial charge in [-0.2, -0.15) is 0 Å². The molecule has 1 fully saturated rings. The van der Waals surface area contributed by atoms with E-state index in [2.05, 4.69) is 5.32 Å². The first kappa shape index (κ1) is 18.0. The summed E-state index contributed by atoms with van der Waals surface area (Å²) in [5.41, 5.74) is 0.193. The number of nitrogens with one attached hydrogen (secondary N) is 1. The van der Waals surface area contributed by atoms with Crippen LogP contribution in [0.1, 0.15) is 33.6 Å². The molecule has 2 amide bonds. The van der Waals surface area contributed by atoms with Gasteiger partial charge in [0.15, 0.2) is 0 Å². The van der Waals surface area contributed by atoms with E-state index in [-0.39, 0.29) is 17.5 Å². The number of halogens is 3. The van der Waals surface area contributed by atoms with Gasteiger partial charge in [-0.05, 0) is 49.2 Å². The third-order valence-corrected chi connectivity index (χ3v) is 4.39. The lowest BCUT2D eigenvalue weighted by atomic mass is 10.0. The summed E-state index contributed by atoms with van der Waals surface area (Å²) in [7, 11) is 0. The Labute approximate surface area is 148 Å². The van der Waals surface area contributed by atoms with Crippen molar-refractivity contribution in [1.29, 1.82) is 0 Å². The fraction of sp³-hybridized carbons (Fsp3) is 0.263. The summed E-state index contributed by atoms with van der Waals surface area (Å²) >= 11 is 0. The zero-order valence-corrected chi connectivity index (χ0v) is 13.8. The fourth-order valence-corrected chi connectivity index (χ4v) is 2.93. The number of rotatable bonds is 3. The monoisotopic (exact) mass is 362 g/mol. The first-order valence-electron chi connectivity index (χ1n) is 8.25. The maximum absolute atomic E-state index is 13.7. The first-order valence-corrected chi connectivity index (χ1v) is 8.25. The van der Waals surface area contributed by atoms with Crippen LogP contribution in [0.3, 0.4) is 0 Å². The smallest absolute Gasteiger partial charge is 0.256 e. The molecular formula is C19H17F3N2O2. The average Bonchev–Trinajstić information content (AvgIpc) is 2.62. The molecule has 0 radical (unpaired) electrons. The lowest BCUT2D eigenvalue weighted by molar-refractivity contribution is 0.0693. The van der Waals surface area contributed by atoms with Crippen molar-refractivity contribution < 1.29 is 22.8 Å². The van der Waals surface area contributed by atoms with Gasteiger partial charge in [0.25, 0.3) is 11.8 Å². The number of carbonyl (C=O) groups is 2. The maximum atomic E-state index is 13.7. The van der Waals surface area contributed by atoms with Crippen LogP contribution in [0.4, 0.5) is 13.2 Å². The molecule has 26 heavy (non-hydrogen) atoms. The van der Waals surface area contributed by atoms with Gasteiger partial charge in [-0.25, -0.2) is 13.2 Å². The van der Waals surface area contributed by atoms with Gasteiger partial charge in [-0.1, -0.05) is 0 Å². The van der Waals surface area contributed by atoms with E-state index in [0.717, 1.165) is 12.1 Å². The van der Waals surface area contributed by atoms with Crippen LogP contribution in [0, 0.1) is 17.5 Å². The minimum atomic E-state index is -0.887. The van der Waals surface area contributed by atoms with E-state index in [0.29, 0.717) is 37.6 Å². The number of benzene rings is 2. The second-order valence-electron chi connectivity index (χ2n) is 6.17. The number of hydrogen-bond donors (Lipinski definition) is 1. The summed E-state index contributed by atoms with van der Waals surface area (Å²) in [6, 6.07) is 7.97. The van der Waals surface area contributed by atoms with E-state index in [4.69, 9.17) is 0 Å². The minimum Gasteiger partial charge on any atom is -0.349 e. The predicted octanol–water partition coefficient (Wildman–Crippen LogP) is 3.14. The van der Waals surface area contributed by atoms with Crippen molar-refractivity contribution in [3.05, 3.63) is 71.0 Å². The van der Waals surface area contributed by atoms with Crippen LogP contribution in [0.25, 0.3) is 0 Å². The van der Waals surface area contributed by atoms with Gasteiger partial charge in [0, 0.05) is 30.8 Å². The highest BCUT2D eigenvalue weighted by Crippen LogP contribution is 2.17. The van der Waals surface area contributed by atoms with E-state index in [9.17, 15) is 22.8 Å². The standard InChI is InChI=1S/C19H17F3N2O2/c20-13-3-1-12(2-4-13)18(25)23-15-7-9-24(10-8-15)19(26)16-6-5-14(21)11-17(16)22/h1-6,11,15H,7-10H2,(H,23,25). The van der Waals surface area contributed by atoms with Gasteiger partial charge < -0.3 is 10.2 Å². The third kappa shape index (κ3) is 4.04. The Morgan fingerprint density at radius 2 is 1.54 bits per heavy atom. The Morgan fingerprint density at radius 3 is 2.15 bits per heavy atom. The maximum Gasteiger partial charge on any atom is 0.256 e. The molecule has 1 saturated heterocycles. The van der Waals surface area contributed by atoms with Crippen molar-refractivity contribution >= 4 is 11.8 Å². The van der Waals surface area contributed by atoms with Crippen molar-refractivity contribution in [2.24, 2.45) is 0 Å². The molecule has 1 heterocycles. The second-order valence-corrected chi connectivity index (χ2v) is 6.17. The zero-order chi connectivity index (χ0) is 18.7. The van der Waals surface area contributed by atoms with Gasteiger partial charge in [0.05, 0.1) is 5.56 Å². The number of nitrogens with zero attached hydrogens (tertiary/aromatic N) is 1. The van der Waals surface area contributed by atoms with Gasteiger partial charge in [0.1, 0.15) is 17.5 Å². The molecule has 1 N–H and O–H groups in total. The van der Waals surface area contributed by atoms with E-state index in [1.54, 1.807) is 0 Å². The van der Waals surface area contributed by atoms with Gasteiger partial charge in [-0.3, -0.25) is 9.59 Å². The van der Waals surface area contributed by atoms with E-state index >= 15 is 0 Å². The van der Waals surface area contributed by atoms with E-state index in [1.807, 2.05) is 0 Å². The highest BCUT2D eigenvalue weighted by Gasteiger charge is 2.26. The molecule has 4 nitrogen and oxygen atoms in total. The number of amides is 2. The van der Waals surface area contributed by atoms with Crippen LogP contribution in [0.15, 0.2) is 42.5 Å². The van der Waals surface area contributed by atoms with Crippen LogP contribution < -0.4 is 5.32 Å². The molecule has 0 atom stereocenters.